The summed E-state index contributed by atoms with van der Waals surface area (Å²) >= 11 is 0. The van der Waals surface area contributed by atoms with E-state index < -0.39 is 5.41 Å². The van der Waals surface area contributed by atoms with Crippen LogP contribution in [0.2, 0.25) is 0 Å². The maximum atomic E-state index is 2.64. The summed E-state index contributed by atoms with van der Waals surface area (Å²) in [6.45, 7) is 0. The van der Waals surface area contributed by atoms with Crippen LogP contribution in [0.25, 0.3) is 22.3 Å². The summed E-state index contributed by atoms with van der Waals surface area (Å²) in [7, 11) is 0. The molecule has 1 nitrogen and oxygen atoms in total. The molecule has 0 aliphatic heterocycles. The van der Waals surface area contributed by atoms with E-state index in [1.807, 2.05) is 0 Å². The molecule has 0 aromatic heterocycles. The molecular weight excluding hydrogens is 699 g/mol. The molecule has 7 aromatic carbocycles. The highest BCUT2D eigenvalue weighted by atomic mass is 15.1. The van der Waals surface area contributed by atoms with Gasteiger partial charge >= 0.3 is 0 Å². The highest BCUT2D eigenvalue weighted by Crippen LogP contribution is 2.63. The molecular formula is C57H51N. The first-order chi connectivity index (χ1) is 28.7. The predicted octanol–water partition coefficient (Wildman–Crippen LogP) is 14.5. The maximum Gasteiger partial charge on any atom is 0.0714 e. The summed E-state index contributed by atoms with van der Waals surface area (Å²) in [4.78, 5) is 2.64. The Hall–Kier alpha value is -5.66. The minimum absolute atomic E-state index is 0.247. The van der Waals surface area contributed by atoms with Crippen molar-refractivity contribution in [3.05, 3.63) is 209 Å². The SMILES string of the molecule is c1ccc(C2(c3ccccc3)c3ccccc3-c3ccc(N(c4ccc(-c5cccc6c5CCCC6)cc4)c4ccccc4C45CC6CC(CC(C6)C4)C5)cc32)cc1. The molecule has 1 heteroatoms. The number of para-hydroxylation sites is 1. The Kier molecular flexibility index (Phi) is 7.98. The van der Waals surface area contributed by atoms with Crippen LogP contribution in [0.4, 0.5) is 17.1 Å². The average molecular weight is 750 g/mol. The Morgan fingerprint density at radius 1 is 0.431 bits per heavy atom. The molecule has 0 saturated heterocycles. The second-order valence-corrected chi connectivity index (χ2v) is 18.5. The van der Waals surface area contributed by atoms with Crippen LogP contribution in [0, 0.1) is 17.8 Å². The van der Waals surface area contributed by atoms with Gasteiger partial charge in [-0.1, -0.05) is 140 Å². The third-order valence-corrected chi connectivity index (χ3v) is 15.3. The molecule has 284 valence electrons. The van der Waals surface area contributed by atoms with Crippen LogP contribution in [0.15, 0.2) is 170 Å². The fraction of sp³-hybridized carbons (Fsp3) is 0.263. The Morgan fingerprint density at radius 2 is 1.00 bits per heavy atom. The van der Waals surface area contributed by atoms with E-state index in [1.165, 1.54) is 126 Å². The lowest BCUT2D eigenvalue weighted by Crippen LogP contribution is -2.48. The smallest absolute Gasteiger partial charge is 0.0714 e. The third-order valence-electron chi connectivity index (χ3n) is 15.3. The quantitative estimate of drug-likeness (QED) is 0.157. The normalized spacial score (nSPS) is 23.2. The van der Waals surface area contributed by atoms with Crippen molar-refractivity contribution in [2.75, 3.05) is 4.90 Å². The average Bonchev–Trinajstić information content (AvgIpc) is 3.57. The molecule has 4 fully saturated rings. The lowest BCUT2D eigenvalue weighted by molar-refractivity contribution is -0.00491. The number of anilines is 3. The van der Waals surface area contributed by atoms with Crippen LogP contribution in [-0.4, -0.2) is 0 Å². The zero-order valence-corrected chi connectivity index (χ0v) is 33.4. The van der Waals surface area contributed by atoms with E-state index in [2.05, 4.69) is 175 Å². The summed E-state index contributed by atoms with van der Waals surface area (Å²) in [6.07, 6.45) is 13.3. The molecule has 4 bridgehead atoms. The van der Waals surface area contributed by atoms with Crippen molar-refractivity contribution in [2.45, 2.75) is 75.0 Å². The van der Waals surface area contributed by atoms with Crippen molar-refractivity contribution in [3.8, 4) is 22.3 Å². The van der Waals surface area contributed by atoms with Gasteiger partial charge in [-0.25, -0.2) is 0 Å². The van der Waals surface area contributed by atoms with Gasteiger partial charge in [0.15, 0.2) is 0 Å². The van der Waals surface area contributed by atoms with E-state index in [0.717, 1.165) is 17.8 Å². The van der Waals surface area contributed by atoms with Gasteiger partial charge in [0.2, 0.25) is 0 Å². The molecule has 0 unspecified atom stereocenters. The number of nitrogens with zero attached hydrogens (tertiary/aromatic N) is 1. The fourth-order valence-corrected chi connectivity index (χ4v) is 13.4. The van der Waals surface area contributed by atoms with Crippen LogP contribution in [0.3, 0.4) is 0 Å². The van der Waals surface area contributed by atoms with Crippen LogP contribution < -0.4 is 4.90 Å². The minimum atomic E-state index is -0.453. The van der Waals surface area contributed by atoms with Crippen LogP contribution in [0.5, 0.6) is 0 Å². The van der Waals surface area contributed by atoms with E-state index in [9.17, 15) is 0 Å². The molecule has 4 saturated carbocycles. The van der Waals surface area contributed by atoms with Gasteiger partial charge in [0, 0.05) is 17.1 Å². The fourth-order valence-electron chi connectivity index (χ4n) is 13.4. The molecule has 0 N–H and O–H groups in total. The molecule has 0 heterocycles. The molecule has 0 spiro atoms. The van der Waals surface area contributed by atoms with E-state index in [4.69, 9.17) is 0 Å². The topological polar surface area (TPSA) is 3.24 Å². The summed E-state index contributed by atoms with van der Waals surface area (Å²) in [5, 5.41) is 0. The molecule has 0 radical (unpaired) electrons. The standard InChI is InChI=1S/C57H51N/c1-3-16-44(17-4-1)57(45-18-5-2-6-19-45)52-23-10-9-21-50(52)51-31-30-47(35-54(51)57)58(46-28-26-43(27-29-46)49-22-13-15-42-14-7-8-20-48(42)49)55-25-12-11-24-53(55)56-36-39-32-40(37-56)34-41(33-39)38-56/h1-6,9-13,15-19,21-31,35,39-41H,7-8,14,20,32-34,36-38H2. The molecule has 7 aromatic rings. The molecule has 6 aliphatic carbocycles. The first kappa shape index (κ1) is 34.4. The monoisotopic (exact) mass is 749 g/mol. The van der Waals surface area contributed by atoms with E-state index in [-0.39, 0.29) is 5.41 Å². The number of hydrogen-bond acceptors (Lipinski definition) is 1. The zero-order chi connectivity index (χ0) is 38.3. The number of hydrogen-bond donors (Lipinski definition) is 0. The van der Waals surface area contributed by atoms with E-state index in [0.29, 0.717) is 0 Å². The highest BCUT2D eigenvalue weighted by molar-refractivity contribution is 5.90. The van der Waals surface area contributed by atoms with Crippen molar-refractivity contribution < 1.29 is 0 Å². The maximum absolute atomic E-state index is 2.64. The van der Waals surface area contributed by atoms with Gasteiger partial charge in [-0.05, 0) is 179 Å². The molecule has 0 atom stereocenters. The van der Waals surface area contributed by atoms with Crippen LogP contribution >= 0.6 is 0 Å². The van der Waals surface area contributed by atoms with Crippen molar-refractivity contribution in [1.82, 2.24) is 0 Å². The van der Waals surface area contributed by atoms with Gasteiger partial charge in [0.1, 0.15) is 0 Å². The Labute approximate surface area is 344 Å². The summed E-state index contributed by atoms with van der Waals surface area (Å²) < 4.78 is 0. The van der Waals surface area contributed by atoms with Gasteiger partial charge in [-0.15, -0.1) is 0 Å². The van der Waals surface area contributed by atoms with Crippen molar-refractivity contribution >= 4 is 17.1 Å². The van der Waals surface area contributed by atoms with Gasteiger partial charge < -0.3 is 4.90 Å². The third kappa shape index (κ3) is 5.21. The molecule has 6 aliphatic rings. The lowest BCUT2D eigenvalue weighted by Gasteiger charge is -2.57. The number of fused-ring (bicyclic) bond motifs is 4. The van der Waals surface area contributed by atoms with E-state index >= 15 is 0 Å². The zero-order valence-electron chi connectivity index (χ0n) is 33.4. The van der Waals surface area contributed by atoms with Crippen LogP contribution in [-0.2, 0) is 23.7 Å². The van der Waals surface area contributed by atoms with E-state index in [1.54, 1.807) is 16.7 Å². The van der Waals surface area contributed by atoms with Gasteiger partial charge in [-0.2, -0.15) is 0 Å². The minimum Gasteiger partial charge on any atom is -0.310 e. The molecule has 58 heavy (non-hydrogen) atoms. The van der Waals surface area contributed by atoms with Crippen molar-refractivity contribution in [1.29, 1.82) is 0 Å². The Balaban J connectivity index is 1.08. The first-order valence-electron chi connectivity index (χ1n) is 22.1. The summed E-state index contributed by atoms with van der Waals surface area (Å²) in [6, 6.07) is 65.3. The number of rotatable bonds is 7. The Bertz CT molecular complexity index is 2580. The second-order valence-electron chi connectivity index (χ2n) is 18.5. The predicted molar refractivity (Wildman–Crippen MR) is 240 cm³/mol. The lowest BCUT2D eigenvalue weighted by atomic mass is 9.48. The van der Waals surface area contributed by atoms with Crippen molar-refractivity contribution in [3.63, 3.8) is 0 Å². The largest absolute Gasteiger partial charge is 0.310 e. The molecule has 0 amide bonds. The summed E-state index contributed by atoms with van der Waals surface area (Å²) in [5.74, 6) is 2.62. The van der Waals surface area contributed by atoms with Gasteiger partial charge in [-0.3, -0.25) is 0 Å². The van der Waals surface area contributed by atoms with Gasteiger partial charge in [0.25, 0.3) is 0 Å². The van der Waals surface area contributed by atoms with Crippen LogP contribution in [0.1, 0.15) is 90.3 Å². The summed E-state index contributed by atoms with van der Waals surface area (Å²) in [5.41, 5.74) is 19.0. The van der Waals surface area contributed by atoms with Gasteiger partial charge in [0.05, 0.1) is 5.41 Å². The van der Waals surface area contributed by atoms with Crippen molar-refractivity contribution in [2.24, 2.45) is 17.8 Å². The number of aryl methyl sites for hydroxylation is 1. The number of benzene rings is 7. The molecule has 13 rings (SSSR count). The first-order valence-corrected chi connectivity index (χ1v) is 22.1. The Morgan fingerprint density at radius 3 is 1.71 bits per heavy atom. The highest BCUT2D eigenvalue weighted by Gasteiger charge is 2.53. The second kappa shape index (κ2) is 13.5.